The Morgan fingerprint density at radius 2 is 2.33 bits per heavy atom. The summed E-state index contributed by atoms with van der Waals surface area (Å²) in [7, 11) is 0. The Morgan fingerprint density at radius 3 is 3.00 bits per heavy atom. The molecule has 0 saturated carbocycles. The van der Waals surface area contributed by atoms with Gasteiger partial charge in [0, 0.05) is 23.6 Å². The van der Waals surface area contributed by atoms with Crippen molar-refractivity contribution in [3.8, 4) is 0 Å². The monoisotopic (exact) mass is 330 g/mol. The molecule has 0 atom stereocenters. The molecule has 2 heterocycles. The maximum absolute atomic E-state index is 10.7. The standard InChI is InChI=1S/C11H12BrClN4O/c12-7-4-8-11(15-6-7)17(10(5-13)16-8)3-1-2-9(14)18/h4,6H,1-3,5H2,(H2,14,18). The first kappa shape index (κ1) is 13.3. The Bertz CT molecular complexity index is 584. The summed E-state index contributed by atoms with van der Waals surface area (Å²) in [5, 5.41) is 0. The Morgan fingerprint density at radius 1 is 1.56 bits per heavy atom. The van der Waals surface area contributed by atoms with Crippen LogP contribution in [-0.4, -0.2) is 20.4 Å². The number of carbonyl (C=O) groups is 1. The zero-order chi connectivity index (χ0) is 13.1. The van der Waals surface area contributed by atoms with Gasteiger partial charge in [0.25, 0.3) is 0 Å². The molecule has 96 valence electrons. The molecule has 0 aliphatic carbocycles. The maximum atomic E-state index is 10.7. The molecule has 1 amide bonds. The molecule has 2 N–H and O–H groups in total. The minimum atomic E-state index is -0.303. The number of primary amides is 1. The lowest BCUT2D eigenvalue weighted by Gasteiger charge is -2.05. The van der Waals surface area contributed by atoms with Crippen LogP contribution < -0.4 is 5.73 Å². The number of halogens is 2. The molecule has 0 aliphatic heterocycles. The van der Waals surface area contributed by atoms with Gasteiger partial charge in [-0.1, -0.05) is 0 Å². The summed E-state index contributed by atoms with van der Waals surface area (Å²) in [6, 6.07) is 1.89. The summed E-state index contributed by atoms with van der Waals surface area (Å²) in [4.78, 5) is 19.5. The van der Waals surface area contributed by atoms with Crippen molar-refractivity contribution in [2.75, 3.05) is 0 Å². The fraction of sp³-hybridized carbons (Fsp3) is 0.364. The number of alkyl halides is 1. The van der Waals surface area contributed by atoms with E-state index < -0.39 is 0 Å². The van der Waals surface area contributed by atoms with Crippen molar-refractivity contribution in [1.82, 2.24) is 14.5 Å². The Hall–Kier alpha value is -1.14. The summed E-state index contributed by atoms with van der Waals surface area (Å²) in [6.45, 7) is 0.635. The van der Waals surface area contributed by atoms with E-state index in [0.717, 1.165) is 21.5 Å². The van der Waals surface area contributed by atoms with Crippen molar-refractivity contribution in [1.29, 1.82) is 0 Å². The third kappa shape index (κ3) is 2.81. The average Bonchev–Trinajstić information content (AvgIpc) is 2.66. The molecule has 0 aromatic carbocycles. The second-order valence-electron chi connectivity index (χ2n) is 3.88. The van der Waals surface area contributed by atoms with E-state index in [9.17, 15) is 4.79 Å². The fourth-order valence-corrected chi connectivity index (χ4v) is 2.30. The number of amides is 1. The molecular formula is C11H12BrClN4O. The predicted octanol–water partition coefficient (Wildman–Crippen LogP) is 2.20. The fourth-order valence-electron chi connectivity index (χ4n) is 1.78. The van der Waals surface area contributed by atoms with Crippen molar-refractivity contribution in [3.63, 3.8) is 0 Å². The van der Waals surface area contributed by atoms with E-state index in [1.807, 2.05) is 10.6 Å². The second kappa shape index (κ2) is 5.67. The van der Waals surface area contributed by atoms with Crippen LogP contribution >= 0.6 is 27.5 Å². The number of pyridine rings is 1. The average molecular weight is 332 g/mol. The number of rotatable bonds is 5. The van der Waals surface area contributed by atoms with E-state index in [2.05, 4.69) is 25.9 Å². The van der Waals surface area contributed by atoms with Crippen LogP contribution in [0.25, 0.3) is 11.2 Å². The molecule has 2 aromatic rings. The molecule has 18 heavy (non-hydrogen) atoms. The van der Waals surface area contributed by atoms with Gasteiger partial charge in [-0.05, 0) is 28.4 Å². The highest BCUT2D eigenvalue weighted by Crippen LogP contribution is 2.20. The molecule has 0 bridgehead atoms. The van der Waals surface area contributed by atoms with E-state index in [1.165, 1.54) is 0 Å². The minimum Gasteiger partial charge on any atom is -0.370 e. The summed E-state index contributed by atoms with van der Waals surface area (Å²) >= 11 is 9.22. The summed E-state index contributed by atoms with van der Waals surface area (Å²) in [5.41, 5.74) is 6.69. The molecule has 7 heteroatoms. The zero-order valence-electron chi connectivity index (χ0n) is 9.57. The zero-order valence-corrected chi connectivity index (χ0v) is 11.9. The van der Waals surface area contributed by atoms with E-state index in [1.54, 1.807) is 6.20 Å². The molecule has 0 aliphatic rings. The number of fused-ring (bicyclic) bond motifs is 1. The Kier molecular flexibility index (Phi) is 4.19. The van der Waals surface area contributed by atoms with Gasteiger partial charge in [-0.2, -0.15) is 0 Å². The van der Waals surface area contributed by atoms with Gasteiger partial charge in [-0.15, -0.1) is 11.6 Å². The number of aromatic nitrogens is 3. The van der Waals surface area contributed by atoms with Crippen LogP contribution in [0.3, 0.4) is 0 Å². The van der Waals surface area contributed by atoms with Gasteiger partial charge in [-0.3, -0.25) is 4.79 Å². The van der Waals surface area contributed by atoms with Crippen molar-refractivity contribution >= 4 is 44.6 Å². The lowest BCUT2D eigenvalue weighted by atomic mass is 10.3. The van der Waals surface area contributed by atoms with E-state index in [-0.39, 0.29) is 5.91 Å². The maximum Gasteiger partial charge on any atom is 0.217 e. The first-order valence-electron chi connectivity index (χ1n) is 5.46. The van der Waals surface area contributed by atoms with Crippen LogP contribution in [0, 0.1) is 0 Å². The quantitative estimate of drug-likeness (QED) is 0.854. The molecule has 5 nitrogen and oxygen atoms in total. The highest BCUT2D eigenvalue weighted by molar-refractivity contribution is 9.10. The highest BCUT2D eigenvalue weighted by Gasteiger charge is 2.11. The number of aryl methyl sites for hydroxylation is 1. The topological polar surface area (TPSA) is 73.8 Å². The SMILES string of the molecule is NC(=O)CCCn1c(CCl)nc2cc(Br)cnc21. The number of imidazole rings is 1. The van der Waals surface area contributed by atoms with Gasteiger partial charge < -0.3 is 10.3 Å². The normalized spacial score (nSPS) is 11.0. The number of carbonyl (C=O) groups excluding carboxylic acids is 1. The summed E-state index contributed by atoms with van der Waals surface area (Å²) < 4.78 is 2.80. The molecule has 0 radical (unpaired) electrons. The third-order valence-electron chi connectivity index (χ3n) is 2.56. The van der Waals surface area contributed by atoms with Crippen LogP contribution in [0.2, 0.25) is 0 Å². The van der Waals surface area contributed by atoms with Crippen LogP contribution in [0.1, 0.15) is 18.7 Å². The molecular weight excluding hydrogens is 320 g/mol. The molecule has 2 aromatic heterocycles. The van der Waals surface area contributed by atoms with Gasteiger partial charge in [0.1, 0.15) is 11.3 Å². The van der Waals surface area contributed by atoms with Crippen LogP contribution in [0.15, 0.2) is 16.7 Å². The molecule has 0 fully saturated rings. The third-order valence-corrected chi connectivity index (χ3v) is 3.23. The van der Waals surface area contributed by atoms with E-state index in [0.29, 0.717) is 25.3 Å². The first-order chi connectivity index (χ1) is 8.61. The van der Waals surface area contributed by atoms with Crippen LogP contribution in [0.5, 0.6) is 0 Å². The smallest absolute Gasteiger partial charge is 0.217 e. The molecule has 0 saturated heterocycles. The van der Waals surface area contributed by atoms with E-state index in [4.69, 9.17) is 17.3 Å². The lowest BCUT2D eigenvalue weighted by Crippen LogP contribution is -2.12. The predicted molar refractivity (Wildman–Crippen MR) is 73.2 cm³/mol. The van der Waals surface area contributed by atoms with Crippen LogP contribution in [-0.2, 0) is 17.2 Å². The van der Waals surface area contributed by atoms with Crippen LogP contribution in [0.4, 0.5) is 0 Å². The van der Waals surface area contributed by atoms with Crippen molar-refractivity contribution in [2.45, 2.75) is 25.3 Å². The number of hydrogen-bond donors (Lipinski definition) is 1. The Labute approximate surface area is 117 Å². The number of nitrogens with two attached hydrogens (primary N) is 1. The number of nitrogens with zero attached hydrogens (tertiary/aromatic N) is 3. The van der Waals surface area contributed by atoms with E-state index >= 15 is 0 Å². The van der Waals surface area contributed by atoms with Gasteiger partial charge >= 0.3 is 0 Å². The van der Waals surface area contributed by atoms with Gasteiger partial charge in [0.2, 0.25) is 5.91 Å². The number of hydrogen-bond acceptors (Lipinski definition) is 3. The van der Waals surface area contributed by atoms with Crippen molar-refractivity contribution < 1.29 is 4.79 Å². The highest BCUT2D eigenvalue weighted by atomic mass is 79.9. The second-order valence-corrected chi connectivity index (χ2v) is 5.06. The van der Waals surface area contributed by atoms with Gasteiger partial charge in [0.05, 0.1) is 5.88 Å². The molecule has 0 spiro atoms. The van der Waals surface area contributed by atoms with Gasteiger partial charge in [-0.25, -0.2) is 9.97 Å². The molecule has 0 unspecified atom stereocenters. The summed E-state index contributed by atoms with van der Waals surface area (Å²) in [5.74, 6) is 0.758. The van der Waals surface area contributed by atoms with Crippen molar-refractivity contribution in [3.05, 3.63) is 22.6 Å². The minimum absolute atomic E-state index is 0.303. The Balaban J connectivity index is 2.31. The largest absolute Gasteiger partial charge is 0.370 e. The lowest BCUT2D eigenvalue weighted by molar-refractivity contribution is -0.118. The summed E-state index contributed by atoms with van der Waals surface area (Å²) in [6.07, 6.45) is 2.72. The van der Waals surface area contributed by atoms with Crippen molar-refractivity contribution in [2.24, 2.45) is 5.73 Å². The van der Waals surface area contributed by atoms with Gasteiger partial charge in [0.15, 0.2) is 5.65 Å². The first-order valence-corrected chi connectivity index (χ1v) is 6.79. The molecule has 2 rings (SSSR count).